The van der Waals surface area contributed by atoms with Gasteiger partial charge in [-0.25, -0.2) is 4.68 Å². The second-order valence-electron chi connectivity index (χ2n) is 3.01. The van der Waals surface area contributed by atoms with E-state index in [2.05, 4.69) is 25.1 Å². The highest BCUT2D eigenvalue weighted by Crippen LogP contribution is 2.20. The molecule has 3 nitrogen and oxygen atoms in total. The first kappa shape index (κ1) is 9.10. The van der Waals surface area contributed by atoms with Crippen LogP contribution in [0.3, 0.4) is 0 Å². The van der Waals surface area contributed by atoms with Gasteiger partial charge in [0.05, 0.1) is 12.6 Å². The van der Waals surface area contributed by atoms with E-state index in [-0.39, 0.29) is 0 Å². The van der Waals surface area contributed by atoms with Crippen LogP contribution >= 0.6 is 0 Å². The van der Waals surface area contributed by atoms with E-state index in [9.17, 15) is 0 Å². The summed E-state index contributed by atoms with van der Waals surface area (Å²) in [6.07, 6.45) is 2.89. The predicted molar refractivity (Wildman–Crippen MR) is 47.4 cm³/mol. The van der Waals surface area contributed by atoms with E-state index in [1.165, 1.54) is 0 Å². The van der Waals surface area contributed by atoms with E-state index in [4.69, 9.17) is 4.74 Å². The van der Waals surface area contributed by atoms with Gasteiger partial charge in [-0.2, -0.15) is 5.10 Å². The van der Waals surface area contributed by atoms with Crippen molar-refractivity contribution in [1.29, 1.82) is 0 Å². The lowest BCUT2D eigenvalue weighted by atomic mass is 10.3. The van der Waals surface area contributed by atoms with Gasteiger partial charge in [0.15, 0.2) is 0 Å². The largest absolute Gasteiger partial charge is 0.478 e. The molecule has 0 aliphatic carbocycles. The average molecular weight is 167 g/mol. The lowest BCUT2D eigenvalue weighted by molar-refractivity contribution is 0.290. The Morgan fingerprint density at radius 2 is 2.25 bits per heavy atom. The average Bonchev–Trinajstić information content (AvgIpc) is 2.34. The van der Waals surface area contributed by atoms with Gasteiger partial charge < -0.3 is 4.74 Å². The fraction of sp³-hybridized carbons (Fsp3) is 0.667. The number of rotatable bonds is 3. The molecule has 0 aliphatic heterocycles. The van der Waals surface area contributed by atoms with Crippen molar-refractivity contribution in [2.45, 2.75) is 33.7 Å². The van der Waals surface area contributed by atoms with Crippen LogP contribution in [0.4, 0.5) is 0 Å². The maximum atomic E-state index is 5.44. The Morgan fingerprint density at radius 3 is 2.75 bits per heavy atom. The summed E-state index contributed by atoms with van der Waals surface area (Å²) in [7, 11) is 0. The van der Waals surface area contributed by atoms with Gasteiger partial charge in [0.2, 0.25) is 5.88 Å². The Morgan fingerprint density at radius 1 is 1.58 bits per heavy atom. The normalized spacial score (nSPS) is 10.8. The van der Waals surface area contributed by atoms with Crippen LogP contribution < -0.4 is 4.74 Å². The first-order valence-electron chi connectivity index (χ1n) is 4.26. The number of nitrogens with zero attached hydrogens (tertiary/aromatic N) is 2. The summed E-state index contributed by atoms with van der Waals surface area (Å²) in [6.45, 7) is 8.74. The molecule has 12 heavy (non-hydrogen) atoms. The molecule has 0 atom stereocenters. The molecule has 0 fully saturated rings. The second kappa shape index (κ2) is 3.61. The van der Waals surface area contributed by atoms with E-state index >= 15 is 0 Å². The minimum absolute atomic E-state index is 0.330. The number of ether oxygens (including phenoxy) is 1. The zero-order valence-corrected chi connectivity index (χ0v) is 8.09. The first-order chi connectivity index (χ1) is 5.66. The molecule has 1 heterocycles. The van der Waals surface area contributed by atoms with Gasteiger partial charge in [-0.05, 0) is 27.7 Å². The van der Waals surface area contributed by atoms with Crippen molar-refractivity contribution in [2.75, 3.05) is 6.61 Å². The molecule has 0 saturated carbocycles. The minimum Gasteiger partial charge on any atom is -0.478 e. The summed E-state index contributed by atoms with van der Waals surface area (Å²) in [5.41, 5.74) is 0.977. The standard InChI is InChI=1S/C9H15N2O/c1-5-12-9-8(4)6-10-11(9)7(2)3/h7H,5H2,1-4H3. The van der Waals surface area contributed by atoms with Crippen LogP contribution in [0.5, 0.6) is 5.88 Å². The zero-order valence-electron chi connectivity index (χ0n) is 8.09. The van der Waals surface area contributed by atoms with Crippen molar-refractivity contribution in [3.63, 3.8) is 0 Å². The fourth-order valence-corrected chi connectivity index (χ4v) is 1.06. The van der Waals surface area contributed by atoms with Gasteiger partial charge in [-0.3, -0.25) is 0 Å². The molecule has 0 aromatic carbocycles. The Kier molecular flexibility index (Phi) is 2.74. The third kappa shape index (κ3) is 1.60. The SMILES string of the molecule is CCOc1c(C)[c]nn1C(C)C. The zero-order chi connectivity index (χ0) is 9.14. The Bertz CT molecular complexity index is 253. The van der Waals surface area contributed by atoms with Crippen LogP contribution in [0.1, 0.15) is 32.4 Å². The van der Waals surface area contributed by atoms with Gasteiger partial charge in [-0.15, -0.1) is 0 Å². The molecule has 0 bridgehead atoms. The summed E-state index contributed by atoms with van der Waals surface area (Å²) in [5.74, 6) is 0.840. The van der Waals surface area contributed by atoms with Crippen molar-refractivity contribution in [1.82, 2.24) is 9.78 Å². The Balaban J connectivity index is 2.95. The van der Waals surface area contributed by atoms with E-state index in [0.717, 1.165) is 11.4 Å². The Hall–Kier alpha value is -0.990. The van der Waals surface area contributed by atoms with Crippen LogP contribution in [-0.4, -0.2) is 16.4 Å². The molecule has 0 spiro atoms. The van der Waals surface area contributed by atoms with E-state index in [1.807, 2.05) is 18.5 Å². The fourth-order valence-electron chi connectivity index (χ4n) is 1.06. The minimum atomic E-state index is 0.330. The quantitative estimate of drug-likeness (QED) is 0.688. The molecule has 1 rings (SSSR count). The molecular weight excluding hydrogens is 152 g/mol. The number of aryl methyl sites for hydroxylation is 1. The van der Waals surface area contributed by atoms with E-state index in [1.54, 1.807) is 0 Å². The van der Waals surface area contributed by atoms with E-state index < -0.39 is 0 Å². The molecule has 0 amide bonds. The molecule has 0 N–H and O–H groups in total. The number of hydrogen-bond donors (Lipinski definition) is 0. The maximum absolute atomic E-state index is 5.44. The molecule has 67 valence electrons. The third-order valence-electron chi connectivity index (χ3n) is 1.62. The van der Waals surface area contributed by atoms with Crippen LogP contribution in [-0.2, 0) is 0 Å². The molecule has 0 unspecified atom stereocenters. The van der Waals surface area contributed by atoms with Crippen molar-refractivity contribution >= 4 is 0 Å². The Labute approximate surface area is 73.3 Å². The van der Waals surface area contributed by atoms with Gasteiger partial charge in [0.1, 0.15) is 6.20 Å². The van der Waals surface area contributed by atoms with Crippen molar-refractivity contribution < 1.29 is 4.74 Å². The highest BCUT2D eigenvalue weighted by molar-refractivity contribution is 5.21. The predicted octanol–water partition coefficient (Wildman–Crippen LogP) is 1.97. The molecule has 1 aromatic rings. The smallest absolute Gasteiger partial charge is 0.215 e. The van der Waals surface area contributed by atoms with Gasteiger partial charge in [0, 0.05) is 5.56 Å². The van der Waals surface area contributed by atoms with Crippen molar-refractivity contribution in [2.24, 2.45) is 0 Å². The van der Waals surface area contributed by atoms with Gasteiger partial charge >= 0.3 is 0 Å². The van der Waals surface area contributed by atoms with Gasteiger partial charge in [0.25, 0.3) is 0 Å². The monoisotopic (exact) mass is 167 g/mol. The molecule has 3 heteroatoms. The van der Waals surface area contributed by atoms with Crippen molar-refractivity contribution in [3.05, 3.63) is 11.8 Å². The molecule has 1 aromatic heterocycles. The molecule has 1 radical (unpaired) electrons. The van der Waals surface area contributed by atoms with Crippen molar-refractivity contribution in [3.8, 4) is 5.88 Å². The first-order valence-corrected chi connectivity index (χ1v) is 4.26. The molecular formula is C9H15N2O. The van der Waals surface area contributed by atoms with Crippen LogP contribution in [0, 0.1) is 13.1 Å². The summed E-state index contributed by atoms with van der Waals surface area (Å²) in [6, 6.07) is 0.330. The summed E-state index contributed by atoms with van der Waals surface area (Å²) in [5, 5.41) is 4.10. The van der Waals surface area contributed by atoms with Crippen LogP contribution in [0.25, 0.3) is 0 Å². The van der Waals surface area contributed by atoms with Gasteiger partial charge in [-0.1, -0.05) is 0 Å². The second-order valence-corrected chi connectivity index (χ2v) is 3.01. The molecule has 0 saturated heterocycles. The lowest BCUT2D eigenvalue weighted by Crippen LogP contribution is -2.07. The lowest BCUT2D eigenvalue weighted by Gasteiger charge is -2.11. The van der Waals surface area contributed by atoms with E-state index in [0.29, 0.717) is 12.6 Å². The number of aromatic nitrogens is 2. The molecule has 0 aliphatic rings. The highest BCUT2D eigenvalue weighted by atomic mass is 16.5. The van der Waals surface area contributed by atoms with Crippen LogP contribution in [0.15, 0.2) is 0 Å². The highest BCUT2D eigenvalue weighted by Gasteiger charge is 2.10. The maximum Gasteiger partial charge on any atom is 0.215 e. The summed E-state index contributed by atoms with van der Waals surface area (Å²) in [4.78, 5) is 0. The van der Waals surface area contributed by atoms with Crippen LogP contribution in [0.2, 0.25) is 0 Å². The topological polar surface area (TPSA) is 27.1 Å². The number of hydrogen-bond acceptors (Lipinski definition) is 2. The summed E-state index contributed by atoms with van der Waals surface area (Å²) >= 11 is 0. The summed E-state index contributed by atoms with van der Waals surface area (Å²) < 4.78 is 7.28. The third-order valence-corrected chi connectivity index (χ3v) is 1.62.